The highest BCUT2D eigenvalue weighted by Crippen LogP contribution is 2.43. The molecule has 0 spiro atoms. The molecule has 2 aromatic carbocycles. The van der Waals surface area contributed by atoms with Crippen molar-refractivity contribution in [2.75, 3.05) is 18.9 Å². The quantitative estimate of drug-likeness (QED) is 0.279. The molecular weight excluding hydrogens is 460 g/mol. The minimum absolute atomic E-state index is 0.0203. The Morgan fingerprint density at radius 2 is 1.84 bits per heavy atom. The number of benzene rings is 2. The molecular formula is C36H48N2. The Kier molecular flexibility index (Phi) is 10.0. The maximum absolute atomic E-state index is 3.92. The van der Waals surface area contributed by atoms with E-state index in [2.05, 4.69) is 144 Å². The summed E-state index contributed by atoms with van der Waals surface area (Å²) in [6, 6.07) is 13.2. The third-order valence-corrected chi connectivity index (χ3v) is 8.25. The Labute approximate surface area is 232 Å². The normalized spacial score (nSPS) is 18.3. The topological polar surface area (TPSA) is 24.1 Å². The number of hydrogen-bond acceptors (Lipinski definition) is 2. The highest BCUT2D eigenvalue weighted by atomic mass is 14.9. The Hall–Kier alpha value is -3.26. The van der Waals surface area contributed by atoms with Gasteiger partial charge in [-0.05, 0) is 58.2 Å². The van der Waals surface area contributed by atoms with Gasteiger partial charge in [-0.25, -0.2) is 0 Å². The molecule has 0 radical (unpaired) electrons. The van der Waals surface area contributed by atoms with E-state index in [1.165, 1.54) is 33.3 Å². The van der Waals surface area contributed by atoms with E-state index >= 15 is 0 Å². The van der Waals surface area contributed by atoms with Gasteiger partial charge in [-0.15, -0.1) is 0 Å². The summed E-state index contributed by atoms with van der Waals surface area (Å²) in [5.41, 5.74) is 5.16. The summed E-state index contributed by atoms with van der Waals surface area (Å²) in [5.74, 6) is 0.759. The van der Waals surface area contributed by atoms with Crippen molar-refractivity contribution in [3.8, 4) is 0 Å². The minimum atomic E-state index is -0.0398. The minimum Gasteiger partial charge on any atom is -0.391 e. The second kappa shape index (κ2) is 13.0. The van der Waals surface area contributed by atoms with Gasteiger partial charge in [0.15, 0.2) is 0 Å². The van der Waals surface area contributed by atoms with Gasteiger partial charge in [-0.1, -0.05) is 127 Å². The van der Waals surface area contributed by atoms with E-state index < -0.39 is 0 Å². The average Bonchev–Trinajstić information content (AvgIpc) is 2.91. The van der Waals surface area contributed by atoms with Crippen LogP contribution in [0.5, 0.6) is 0 Å². The van der Waals surface area contributed by atoms with Crippen molar-refractivity contribution in [2.45, 2.75) is 59.8 Å². The van der Waals surface area contributed by atoms with Crippen LogP contribution in [0.15, 0.2) is 109 Å². The molecule has 0 aromatic heterocycles. The molecule has 0 saturated heterocycles. The van der Waals surface area contributed by atoms with E-state index in [1.54, 1.807) is 0 Å². The Balaban J connectivity index is 1.85. The molecule has 38 heavy (non-hydrogen) atoms. The van der Waals surface area contributed by atoms with Crippen LogP contribution in [0.2, 0.25) is 0 Å². The van der Waals surface area contributed by atoms with Gasteiger partial charge in [0.1, 0.15) is 0 Å². The smallest absolute Gasteiger partial charge is 0.0384 e. The third-order valence-electron chi connectivity index (χ3n) is 8.25. The molecule has 0 amide bonds. The van der Waals surface area contributed by atoms with Crippen LogP contribution in [0.1, 0.15) is 59.9 Å². The largest absolute Gasteiger partial charge is 0.391 e. The number of rotatable bonds is 12. The second-order valence-electron chi connectivity index (χ2n) is 11.7. The van der Waals surface area contributed by atoms with Crippen LogP contribution in [-0.4, -0.2) is 13.6 Å². The van der Waals surface area contributed by atoms with Crippen molar-refractivity contribution in [1.29, 1.82) is 0 Å². The molecule has 2 aromatic rings. The average molecular weight is 509 g/mol. The number of hydrogen-bond donors (Lipinski definition) is 2. The van der Waals surface area contributed by atoms with Gasteiger partial charge in [-0.2, -0.15) is 0 Å². The maximum atomic E-state index is 3.92. The zero-order valence-electron chi connectivity index (χ0n) is 24.6. The molecule has 2 nitrogen and oxygen atoms in total. The summed E-state index contributed by atoms with van der Waals surface area (Å²) < 4.78 is 0. The predicted octanol–water partition coefficient (Wildman–Crippen LogP) is 9.51. The molecule has 0 bridgehead atoms. The highest BCUT2D eigenvalue weighted by molar-refractivity contribution is 5.91. The van der Waals surface area contributed by atoms with Crippen molar-refractivity contribution in [3.63, 3.8) is 0 Å². The van der Waals surface area contributed by atoms with Gasteiger partial charge in [0, 0.05) is 36.3 Å². The molecule has 2 N–H and O–H groups in total. The van der Waals surface area contributed by atoms with E-state index in [0.29, 0.717) is 11.8 Å². The van der Waals surface area contributed by atoms with Crippen molar-refractivity contribution >= 4 is 16.5 Å². The summed E-state index contributed by atoms with van der Waals surface area (Å²) in [7, 11) is 2.04. The van der Waals surface area contributed by atoms with E-state index in [-0.39, 0.29) is 10.8 Å². The third kappa shape index (κ3) is 6.59. The molecule has 0 fully saturated rings. The van der Waals surface area contributed by atoms with Crippen LogP contribution >= 0.6 is 0 Å². The van der Waals surface area contributed by atoms with Gasteiger partial charge in [0.05, 0.1) is 0 Å². The summed E-state index contributed by atoms with van der Waals surface area (Å²) in [6.45, 7) is 18.9. The van der Waals surface area contributed by atoms with Gasteiger partial charge in [0.2, 0.25) is 0 Å². The standard InChI is InChI=1S/C36H48N2/c1-9-17-28-18-11-13-20-30(28)27(3)36(6,7)33(37-8)22-15-16-25-35(4,5)34-31-21-14-12-19-29(31)23-24-32(34)38-26-10-2/h9,11-24,27,30,37-38H,1,10,25-26H2,2-8H3/b16-15+,28-17-,33-22+. The van der Waals surface area contributed by atoms with E-state index in [4.69, 9.17) is 0 Å². The first-order valence-electron chi connectivity index (χ1n) is 14.2. The molecule has 2 atom stereocenters. The molecule has 0 saturated carbocycles. The zero-order chi connectivity index (χ0) is 27.8. The van der Waals surface area contributed by atoms with Crippen molar-refractivity contribution < 1.29 is 0 Å². The number of fused-ring (bicyclic) bond motifs is 1. The fourth-order valence-corrected chi connectivity index (χ4v) is 5.68. The lowest BCUT2D eigenvalue weighted by molar-refractivity contribution is 0.236. The van der Waals surface area contributed by atoms with Crippen molar-refractivity contribution in [2.24, 2.45) is 17.3 Å². The number of anilines is 1. The zero-order valence-corrected chi connectivity index (χ0v) is 24.6. The van der Waals surface area contributed by atoms with Gasteiger partial charge in [-0.3, -0.25) is 0 Å². The molecule has 1 aliphatic carbocycles. The van der Waals surface area contributed by atoms with Crippen molar-refractivity contribution in [1.82, 2.24) is 5.32 Å². The molecule has 2 unspecified atom stereocenters. The van der Waals surface area contributed by atoms with Crippen LogP contribution in [0.4, 0.5) is 5.69 Å². The molecule has 202 valence electrons. The van der Waals surface area contributed by atoms with Crippen molar-refractivity contribution in [3.05, 3.63) is 114 Å². The first-order chi connectivity index (χ1) is 18.2. The first kappa shape index (κ1) is 29.3. The second-order valence-corrected chi connectivity index (χ2v) is 11.7. The lowest BCUT2D eigenvalue weighted by Crippen LogP contribution is -2.35. The van der Waals surface area contributed by atoms with Gasteiger partial charge >= 0.3 is 0 Å². The summed E-state index contributed by atoms with van der Waals surface area (Å²) in [4.78, 5) is 0. The number of nitrogens with one attached hydrogen (secondary N) is 2. The van der Waals surface area contributed by atoms with E-state index in [9.17, 15) is 0 Å². The number of allylic oxidation sites excluding steroid dienone is 11. The molecule has 3 rings (SSSR count). The SMILES string of the molecule is C=C/C=C1/C=CC=CC1C(C)C(C)(C)/C(=C\C=C\CC(C)(C)c1c(NCCC)ccc2ccccc12)NC. The molecule has 0 heterocycles. The lowest BCUT2D eigenvalue weighted by atomic mass is 9.67. The monoisotopic (exact) mass is 508 g/mol. The Bertz CT molecular complexity index is 1250. The summed E-state index contributed by atoms with van der Waals surface area (Å²) in [5, 5.41) is 9.84. The van der Waals surface area contributed by atoms with Gasteiger partial charge in [0.25, 0.3) is 0 Å². The highest BCUT2D eigenvalue weighted by Gasteiger charge is 2.35. The maximum Gasteiger partial charge on any atom is 0.0384 e. The van der Waals surface area contributed by atoms with Crippen LogP contribution in [0.3, 0.4) is 0 Å². The fourth-order valence-electron chi connectivity index (χ4n) is 5.68. The Morgan fingerprint density at radius 1 is 1.08 bits per heavy atom. The molecule has 1 aliphatic rings. The van der Waals surface area contributed by atoms with E-state index in [1.807, 2.05) is 13.1 Å². The molecule has 2 heteroatoms. The van der Waals surface area contributed by atoms with Gasteiger partial charge < -0.3 is 10.6 Å². The van der Waals surface area contributed by atoms with Crippen LogP contribution in [-0.2, 0) is 5.41 Å². The van der Waals surface area contributed by atoms with Crippen LogP contribution < -0.4 is 10.6 Å². The van der Waals surface area contributed by atoms with Crippen LogP contribution in [0.25, 0.3) is 10.8 Å². The fraction of sp³-hybridized carbons (Fsp3) is 0.389. The lowest BCUT2D eigenvalue weighted by Gasteiger charge is -2.39. The Morgan fingerprint density at radius 3 is 2.55 bits per heavy atom. The molecule has 0 aliphatic heterocycles. The first-order valence-corrected chi connectivity index (χ1v) is 14.2. The summed E-state index contributed by atoms with van der Waals surface area (Å²) in [6.07, 6.45) is 21.7. The van der Waals surface area contributed by atoms with E-state index in [0.717, 1.165) is 19.4 Å². The van der Waals surface area contributed by atoms with Crippen LogP contribution in [0, 0.1) is 17.3 Å². The summed E-state index contributed by atoms with van der Waals surface area (Å²) >= 11 is 0. The predicted molar refractivity (Wildman–Crippen MR) is 170 cm³/mol.